The van der Waals surface area contributed by atoms with E-state index in [9.17, 15) is 8.42 Å². The fourth-order valence-electron chi connectivity index (χ4n) is 1.54. The van der Waals surface area contributed by atoms with E-state index in [4.69, 9.17) is 0 Å². The molecule has 1 N–H and O–H groups in total. The monoisotopic (exact) mass is 261 g/mol. The zero-order valence-electron chi connectivity index (χ0n) is 11.4. The molecular weight excluding hydrogens is 236 g/mol. The van der Waals surface area contributed by atoms with Crippen molar-refractivity contribution in [1.82, 2.24) is 9.03 Å². The van der Waals surface area contributed by atoms with Crippen LogP contribution in [-0.2, 0) is 10.2 Å². The average Bonchev–Trinajstić information content (AvgIpc) is 2.28. The van der Waals surface area contributed by atoms with Crippen LogP contribution in [0.4, 0.5) is 0 Å². The first kappa shape index (κ1) is 14.9. The van der Waals surface area contributed by atoms with Crippen LogP contribution in [0.25, 0.3) is 0 Å². The van der Waals surface area contributed by atoms with Crippen molar-refractivity contribution in [1.29, 1.82) is 0 Å². The van der Waals surface area contributed by atoms with Crippen molar-refractivity contribution in [2.75, 3.05) is 19.6 Å². The molecule has 1 radical (unpaired) electrons. The lowest BCUT2D eigenvalue weighted by atomic mass is 9.81. The summed E-state index contributed by atoms with van der Waals surface area (Å²) in [5.74, 6) is 0.444. The Morgan fingerprint density at radius 2 is 1.82 bits per heavy atom. The zero-order chi connectivity index (χ0) is 13.1. The van der Waals surface area contributed by atoms with Gasteiger partial charge in [0.2, 0.25) is 0 Å². The average molecular weight is 261 g/mol. The Balaban J connectivity index is 2.55. The summed E-state index contributed by atoms with van der Waals surface area (Å²) in [6, 6.07) is 0. The van der Waals surface area contributed by atoms with E-state index >= 15 is 0 Å². The Hall–Kier alpha value is -0.130. The molecule has 0 spiro atoms. The quantitative estimate of drug-likeness (QED) is 0.820. The second-order valence-electron chi connectivity index (χ2n) is 5.73. The molecule has 5 heteroatoms. The van der Waals surface area contributed by atoms with E-state index in [2.05, 4.69) is 38.8 Å². The smallest absolute Gasteiger partial charge is 0.202 e. The minimum atomic E-state index is -3.29. The van der Waals surface area contributed by atoms with Crippen LogP contribution in [0.15, 0.2) is 0 Å². The topological polar surface area (TPSA) is 49.4 Å². The second-order valence-corrected chi connectivity index (χ2v) is 7.49. The highest BCUT2D eigenvalue weighted by atomic mass is 32.2. The maximum absolute atomic E-state index is 12.1. The number of nitrogens with one attached hydrogen (secondary N) is 1. The molecule has 0 aromatic heterocycles. The summed E-state index contributed by atoms with van der Waals surface area (Å²) in [7, 11) is -3.29. The van der Waals surface area contributed by atoms with Gasteiger partial charge in [-0.25, -0.2) is 4.72 Å². The summed E-state index contributed by atoms with van der Waals surface area (Å²) >= 11 is 0. The van der Waals surface area contributed by atoms with Crippen molar-refractivity contribution < 1.29 is 8.42 Å². The molecule has 1 rings (SSSR count). The Morgan fingerprint density at radius 1 is 1.29 bits per heavy atom. The molecule has 0 saturated carbocycles. The molecule has 0 atom stereocenters. The highest BCUT2D eigenvalue weighted by molar-refractivity contribution is 7.87. The van der Waals surface area contributed by atoms with Crippen LogP contribution in [0.1, 0.15) is 40.5 Å². The highest BCUT2D eigenvalue weighted by Crippen LogP contribution is 2.25. The fourth-order valence-corrected chi connectivity index (χ4v) is 2.97. The Kier molecular flexibility index (Phi) is 4.98. The molecule has 1 fully saturated rings. The number of piperidine rings is 1. The van der Waals surface area contributed by atoms with Gasteiger partial charge >= 0.3 is 0 Å². The standard InChI is InChI=1S/C12H25N2O2S/c1-11(2)12(3,4)10-13-17(15,16)14-8-6-5-7-9-14/h5,11,13H,6-10H2,1-4H3. The third kappa shape index (κ3) is 4.23. The van der Waals surface area contributed by atoms with Crippen LogP contribution in [0.3, 0.4) is 0 Å². The van der Waals surface area contributed by atoms with Crippen molar-refractivity contribution in [2.45, 2.75) is 40.5 Å². The molecule has 0 aliphatic carbocycles. The number of hydrogen-bond donors (Lipinski definition) is 1. The van der Waals surface area contributed by atoms with Gasteiger partial charge in [-0.3, -0.25) is 0 Å². The first-order chi connectivity index (χ1) is 7.76. The van der Waals surface area contributed by atoms with Crippen molar-refractivity contribution in [3.8, 4) is 0 Å². The Bertz CT molecular complexity index is 330. The minimum Gasteiger partial charge on any atom is -0.202 e. The Labute approximate surface area is 106 Å². The maximum Gasteiger partial charge on any atom is 0.279 e. The molecular formula is C12H25N2O2S. The van der Waals surface area contributed by atoms with Crippen molar-refractivity contribution in [3.63, 3.8) is 0 Å². The summed E-state index contributed by atoms with van der Waals surface area (Å²) in [6.07, 6.45) is 3.85. The fraction of sp³-hybridized carbons (Fsp3) is 0.917. The van der Waals surface area contributed by atoms with Crippen molar-refractivity contribution >= 4 is 10.2 Å². The number of rotatable bonds is 5. The molecule has 0 bridgehead atoms. The highest BCUT2D eigenvalue weighted by Gasteiger charge is 2.28. The predicted molar refractivity (Wildman–Crippen MR) is 70.6 cm³/mol. The van der Waals surface area contributed by atoms with E-state index in [1.165, 1.54) is 0 Å². The second kappa shape index (κ2) is 5.67. The van der Waals surface area contributed by atoms with Crippen LogP contribution in [0.2, 0.25) is 0 Å². The van der Waals surface area contributed by atoms with Crippen LogP contribution < -0.4 is 4.72 Å². The van der Waals surface area contributed by atoms with Crippen LogP contribution in [0, 0.1) is 17.8 Å². The molecule has 0 aromatic rings. The van der Waals surface area contributed by atoms with Gasteiger partial charge in [-0.2, -0.15) is 12.7 Å². The molecule has 1 saturated heterocycles. The van der Waals surface area contributed by atoms with Gasteiger partial charge in [-0.1, -0.05) is 27.7 Å². The summed E-state index contributed by atoms with van der Waals surface area (Å²) in [5.41, 5.74) is -0.0189. The van der Waals surface area contributed by atoms with Crippen molar-refractivity contribution in [2.24, 2.45) is 11.3 Å². The third-order valence-corrected chi connectivity index (χ3v) is 5.33. The van der Waals surface area contributed by atoms with Crippen molar-refractivity contribution in [3.05, 3.63) is 6.42 Å². The minimum absolute atomic E-state index is 0.0189. The molecule has 17 heavy (non-hydrogen) atoms. The lowest BCUT2D eigenvalue weighted by Crippen LogP contribution is -2.47. The predicted octanol–water partition coefficient (Wildman–Crippen LogP) is 1.80. The van der Waals surface area contributed by atoms with E-state index in [1.54, 1.807) is 4.31 Å². The summed E-state index contributed by atoms with van der Waals surface area (Å²) < 4.78 is 28.4. The lowest BCUT2D eigenvalue weighted by Gasteiger charge is -2.32. The van der Waals surface area contributed by atoms with Gasteiger partial charge in [0.25, 0.3) is 10.2 Å². The SMILES string of the molecule is CC(C)C(C)(C)CNS(=O)(=O)N1CC[CH]CC1. The molecule has 101 valence electrons. The van der Waals surface area contributed by atoms with Crippen LogP contribution in [0.5, 0.6) is 0 Å². The molecule has 1 aliphatic rings. The van der Waals surface area contributed by atoms with Gasteiger partial charge in [0.05, 0.1) is 0 Å². The summed E-state index contributed by atoms with van der Waals surface area (Å²) in [5, 5.41) is 0. The van der Waals surface area contributed by atoms with Gasteiger partial charge in [-0.05, 0) is 30.6 Å². The molecule has 4 nitrogen and oxygen atoms in total. The molecule has 0 aromatic carbocycles. The lowest BCUT2D eigenvalue weighted by molar-refractivity contribution is 0.249. The van der Waals surface area contributed by atoms with Gasteiger partial charge in [-0.15, -0.1) is 0 Å². The molecule has 1 aliphatic heterocycles. The van der Waals surface area contributed by atoms with Crippen LogP contribution >= 0.6 is 0 Å². The molecule has 0 unspecified atom stereocenters. The molecule has 1 heterocycles. The number of hydrogen-bond acceptors (Lipinski definition) is 2. The normalized spacial score (nSPS) is 19.8. The third-order valence-electron chi connectivity index (χ3n) is 3.78. The van der Waals surface area contributed by atoms with Gasteiger partial charge in [0, 0.05) is 19.6 Å². The van der Waals surface area contributed by atoms with E-state index in [-0.39, 0.29) is 5.41 Å². The number of nitrogens with zero attached hydrogens (tertiary/aromatic N) is 1. The van der Waals surface area contributed by atoms with Crippen LogP contribution in [-0.4, -0.2) is 32.4 Å². The van der Waals surface area contributed by atoms with Gasteiger partial charge in [0.1, 0.15) is 0 Å². The largest absolute Gasteiger partial charge is 0.279 e. The first-order valence-electron chi connectivity index (χ1n) is 6.32. The van der Waals surface area contributed by atoms with Gasteiger partial charge < -0.3 is 0 Å². The summed E-state index contributed by atoms with van der Waals surface area (Å²) in [6.45, 7) is 10.1. The van der Waals surface area contributed by atoms with E-state index < -0.39 is 10.2 Å². The zero-order valence-corrected chi connectivity index (χ0v) is 12.2. The maximum atomic E-state index is 12.1. The van der Waals surface area contributed by atoms with Gasteiger partial charge in [0.15, 0.2) is 0 Å². The molecule has 0 amide bonds. The Morgan fingerprint density at radius 3 is 2.29 bits per heavy atom. The summed E-state index contributed by atoms with van der Waals surface area (Å²) in [4.78, 5) is 0. The first-order valence-corrected chi connectivity index (χ1v) is 7.76. The van der Waals surface area contributed by atoms with E-state index in [0.29, 0.717) is 25.6 Å². The van der Waals surface area contributed by atoms with E-state index in [1.807, 2.05) is 0 Å². The van der Waals surface area contributed by atoms with E-state index in [0.717, 1.165) is 12.8 Å².